The third kappa shape index (κ3) is 2.84. The zero-order valence-corrected chi connectivity index (χ0v) is 11.4. The first-order valence-corrected chi connectivity index (χ1v) is 10.0. The zero-order valence-electron chi connectivity index (χ0n) is 10.4. The van der Waals surface area contributed by atoms with E-state index in [4.69, 9.17) is 0 Å². The summed E-state index contributed by atoms with van der Waals surface area (Å²) in [6.45, 7) is 7.40. The predicted molar refractivity (Wildman–Crippen MR) is 70.6 cm³/mol. The molecule has 0 aromatic rings. The highest BCUT2D eigenvalue weighted by Gasteiger charge is 2.28. The van der Waals surface area contributed by atoms with Crippen LogP contribution in [0.15, 0.2) is 23.4 Å². The fourth-order valence-electron chi connectivity index (χ4n) is 3.04. The fraction of sp³-hybridized carbons (Fsp3) is 0.714. The van der Waals surface area contributed by atoms with Gasteiger partial charge < -0.3 is 0 Å². The van der Waals surface area contributed by atoms with E-state index in [0.717, 1.165) is 11.8 Å². The maximum atomic E-state index is 2.70. The van der Waals surface area contributed by atoms with Crippen LogP contribution in [0.2, 0.25) is 19.6 Å². The molecule has 0 amide bonds. The van der Waals surface area contributed by atoms with Gasteiger partial charge in [0.2, 0.25) is 0 Å². The molecule has 2 aliphatic carbocycles. The van der Waals surface area contributed by atoms with E-state index >= 15 is 0 Å². The molecule has 0 radical (unpaired) electrons. The van der Waals surface area contributed by atoms with Crippen molar-refractivity contribution < 1.29 is 0 Å². The standard InChI is InChI=1S/C14H24Si/c1-15(2,3)11-14-12-7-4-5-8-13(14)10-6-9-12/h4-5,11-13H,6-10H2,1-3H3. The van der Waals surface area contributed by atoms with Gasteiger partial charge in [-0.15, -0.1) is 0 Å². The highest BCUT2D eigenvalue weighted by atomic mass is 28.3. The van der Waals surface area contributed by atoms with Crippen LogP contribution in [0.25, 0.3) is 0 Å². The van der Waals surface area contributed by atoms with Gasteiger partial charge in [0.1, 0.15) is 0 Å². The zero-order chi connectivity index (χ0) is 10.9. The molecule has 0 nitrogen and oxygen atoms in total. The molecule has 2 aliphatic rings. The number of hydrogen-bond donors (Lipinski definition) is 0. The van der Waals surface area contributed by atoms with Crippen molar-refractivity contribution in [2.45, 2.75) is 51.7 Å². The maximum absolute atomic E-state index is 2.70. The smallest absolute Gasteiger partial charge is 0.0686 e. The Morgan fingerprint density at radius 2 is 1.60 bits per heavy atom. The molecule has 0 heterocycles. The van der Waals surface area contributed by atoms with Gasteiger partial charge in [-0.05, 0) is 37.5 Å². The van der Waals surface area contributed by atoms with Gasteiger partial charge in [-0.3, -0.25) is 0 Å². The quantitative estimate of drug-likeness (QED) is 0.449. The molecule has 1 fully saturated rings. The molecule has 0 saturated heterocycles. The topological polar surface area (TPSA) is 0 Å². The molecule has 2 atom stereocenters. The molecule has 2 bridgehead atoms. The van der Waals surface area contributed by atoms with Gasteiger partial charge in [0, 0.05) is 0 Å². The van der Waals surface area contributed by atoms with Crippen molar-refractivity contribution in [3.8, 4) is 0 Å². The maximum Gasteiger partial charge on any atom is 0.0686 e. The molecule has 84 valence electrons. The Morgan fingerprint density at radius 3 is 2.07 bits per heavy atom. The number of allylic oxidation sites excluding steroid dienone is 3. The third-order valence-electron chi connectivity index (χ3n) is 3.66. The average molecular weight is 220 g/mol. The Labute approximate surface area is 95.5 Å². The van der Waals surface area contributed by atoms with Crippen molar-refractivity contribution in [2.75, 3.05) is 0 Å². The molecule has 2 unspecified atom stereocenters. The summed E-state index contributed by atoms with van der Waals surface area (Å²) in [6.07, 6.45) is 11.8. The fourth-order valence-corrected chi connectivity index (χ4v) is 4.51. The lowest BCUT2D eigenvalue weighted by Crippen LogP contribution is -2.24. The Morgan fingerprint density at radius 1 is 1.07 bits per heavy atom. The summed E-state index contributed by atoms with van der Waals surface area (Å²) in [4.78, 5) is 0. The van der Waals surface area contributed by atoms with Gasteiger partial charge in [-0.1, -0.05) is 49.5 Å². The summed E-state index contributed by atoms with van der Waals surface area (Å²) in [6, 6.07) is 0. The predicted octanol–water partition coefficient (Wildman–Crippen LogP) is 4.56. The minimum Gasteiger partial charge on any atom is -0.0952 e. The molecule has 2 rings (SSSR count). The first-order valence-electron chi connectivity index (χ1n) is 6.44. The van der Waals surface area contributed by atoms with Gasteiger partial charge in [-0.25, -0.2) is 0 Å². The van der Waals surface area contributed by atoms with Crippen LogP contribution in [0.3, 0.4) is 0 Å². The minimum atomic E-state index is -1.02. The lowest BCUT2D eigenvalue weighted by Gasteiger charge is -2.32. The SMILES string of the molecule is C[Si](C)(C)C=C1C2CC=CCC1CCC2. The largest absolute Gasteiger partial charge is 0.0952 e. The van der Waals surface area contributed by atoms with Crippen LogP contribution in [-0.2, 0) is 0 Å². The van der Waals surface area contributed by atoms with E-state index in [1.807, 2.05) is 5.57 Å². The second-order valence-corrected chi connectivity index (χ2v) is 11.3. The van der Waals surface area contributed by atoms with E-state index in [0.29, 0.717) is 0 Å². The van der Waals surface area contributed by atoms with Crippen molar-refractivity contribution in [2.24, 2.45) is 11.8 Å². The lowest BCUT2D eigenvalue weighted by molar-refractivity contribution is 0.379. The molecule has 0 aromatic heterocycles. The van der Waals surface area contributed by atoms with Gasteiger partial charge in [0.05, 0.1) is 8.07 Å². The first-order chi connectivity index (χ1) is 7.06. The second kappa shape index (κ2) is 4.29. The first kappa shape index (κ1) is 11.2. The van der Waals surface area contributed by atoms with Crippen molar-refractivity contribution in [1.82, 2.24) is 0 Å². The summed E-state index contributed by atoms with van der Waals surface area (Å²) < 4.78 is 0. The molecule has 15 heavy (non-hydrogen) atoms. The molecular formula is C14H24Si. The van der Waals surface area contributed by atoms with Gasteiger partial charge >= 0.3 is 0 Å². The van der Waals surface area contributed by atoms with E-state index in [-0.39, 0.29) is 0 Å². The van der Waals surface area contributed by atoms with E-state index in [2.05, 4.69) is 37.5 Å². The minimum absolute atomic E-state index is 0.897. The second-order valence-electron chi connectivity index (χ2n) is 6.28. The Kier molecular flexibility index (Phi) is 3.20. The molecule has 0 spiro atoms. The van der Waals surface area contributed by atoms with Crippen molar-refractivity contribution >= 4 is 8.07 Å². The van der Waals surface area contributed by atoms with Crippen LogP contribution in [-0.4, -0.2) is 8.07 Å². The number of rotatable bonds is 1. The number of fused-ring (bicyclic) bond motifs is 2. The summed E-state index contributed by atoms with van der Waals surface area (Å²) in [5, 5.41) is 0. The van der Waals surface area contributed by atoms with Gasteiger partial charge in [0.15, 0.2) is 0 Å². The van der Waals surface area contributed by atoms with Crippen LogP contribution < -0.4 is 0 Å². The van der Waals surface area contributed by atoms with Crippen LogP contribution >= 0.6 is 0 Å². The monoisotopic (exact) mass is 220 g/mol. The van der Waals surface area contributed by atoms with E-state index < -0.39 is 8.07 Å². The van der Waals surface area contributed by atoms with Crippen LogP contribution in [0, 0.1) is 11.8 Å². The Hall–Kier alpha value is -0.303. The van der Waals surface area contributed by atoms with Crippen molar-refractivity contribution in [1.29, 1.82) is 0 Å². The van der Waals surface area contributed by atoms with Gasteiger partial charge in [-0.2, -0.15) is 0 Å². The van der Waals surface area contributed by atoms with Gasteiger partial charge in [0.25, 0.3) is 0 Å². The third-order valence-corrected chi connectivity index (χ3v) is 4.85. The molecule has 0 aromatic carbocycles. The normalized spacial score (nSPS) is 31.3. The van der Waals surface area contributed by atoms with E-state index in [9.17, 15) is 0 Å². The molecular weight excluding hydrogens is 196 g/mol. The summed E-state index contributed by atoms with van der Waals surface area (Å²) in [5.74, 6) is 1.79. The van der Waals surface area contributed by atoms with E-state index in [1.165, 1.54) is 32.1 Å². The number of hydrogen-bond acceptors (Lipinski definition) is 0. The Balaban J connectivity index is 2.26. The lowest BCUT2D eigenvalue weighted by atomic mass is 9.76. The summed E-state index contributed by atoms with van der Waals surface area (Å²) >= 11 is 0. The van der Waals surface area contributed by atoms with Crippen molar-refractivity contribution in [3.63, 3.8) is 0 Å². The molecule has 1 heteroatoms. The molecule has 0 N–H and O–H groups in total. The van der Waals surface area contributed by atoms with Crippen molar-refractivity contribution in [3.05, 3.63) is 23.4 Å². The summed E-state index contributed by atoms with van der Waals surface area (Å²) in [5.41, 5.74) is 4.54. The molecule has 0 aliphatic heterocycles. The van der Waals surface area contributed by atoms with E-state index in [1.54, 1.807) is 0 Å². The van der Waals surface area contributed by atoms with Crippen LogP contribution in [0.5, 0.6) is 0 Å². The summed E-state index contributed by atoms with van der Waals surface area (Å²) in [7, 11) is -1.02. The molecule has 1 saturated carbocycles. The highest BCUT2D eigenvalue weighted by Crippen LogP contribution is 2.41. The Bertz CT molecular complexity index is 262. The van der Waals surface area contributed by atoms with Crippen LogP contribution in [0.1, 0.15) is 32.1 Å². The highest BCUT2D eigenvalue weighted by molar-refractivity contribution is 6.81. The average Bonchev–Trinajstić information content (AvgIpc) is 2.27. The van der Waals surface area contributed by atoms with Crippen LogP contribution in [0.4, 0.5) is 0 Å².